The molecule has 1 rings (SSSR count). The molecule has 1 N–H and O–H groups in total. The summed E-state index contributed by atoms with van der Waals surface area (Å²) in [5, 5.41) is 10.1. The van der Waals surface area contributed by atoms with Crippen LogP contribution >= 0.6 is 0 Å². The van der Waals surface area contributed by atoms with Crippen molar-refractivity contribution in [1.29, 1.82) is 0 Å². The van der Waals surface area contributed by atoms with Crippen LogP contribution in [0.15, 0.2) is 24.3 Å². The molecular weight excluding hydrogens is 212 g/mol. The van der Waals surface area contributed by atoms with Crippen LogP contribution in [0.25, 0.3) is 0 Å². The van der Waals surface area contributed by atoms with Crippen LogP contribution in [0, 0.1) is 5.41 Å². The summed E-state index contributed by atoms with van der Waals surface area (Å²) in [6.07, 6.45) is 1.40. The third-order valence-electron chi connectivity index (χ3n) is 2.72. The van der Waals surface area contributed by atoms with E-state index in [4.69, 9.17) is 4.74 Å². The van der Waals surface area contributed by atoms with E-state index in [0.29, 0.717) is 6.61 Å². The molecule has 0 aromatic heterocycles. The lowest BCUT2D eigenvalue weighted by Crippen LogP contribution is -2.08. The number of ether oxygens (including phenoxy) is 1. The standard InChI is InChI=1S/C15H24O2/c1-5-17-13-8-6-7-12(11-13)14(16)9-10-15(2,3)4/h6-8,11,14,16H,5,9-10H2,1-4H3. The lowest BCUT2D eigenvalue weighted by molar-refractivity contribution is 0.147. The van der Waals surface area contributed by atoms with E-state index in [1.165, 1.54) is 0 Å². The minimum atomic E-state index is -0.394. The summed E-state index contributed by atoms with van der Waals surface area (Å²) in [4.78, 5) is 0. The summed E-state index contributed by atoms with van der Waals surface area (Å²) in [6, 6.07) is 7.73. The van der Waals surface area contributed by atoms with Crippen molar-refractivity contribution in [2.24, 2.45) is 5.41 Å². The zero-order valence-electron chi connectivity index (χ0n) is 11.4. The normalized spacial score (nSPS) is 13.5. The molecule has 0 aliphatic carbocycles. The van der Waals surface area contributed by atoms with E-state index < -0.39 is 6.10 Å². The molecule has 0 radical (unpaired) electrons. The number of hydrogen-bond donors (Lipinski definition) is 1. The summed E-state index contributed by atoms with van der Waals surface area (Å²) < 4.78 is 5.43. The van der Waals surface area contributed by atoms with Crippen LogP contribution in [-0.2, 0) is 0 Å². The highest BCUT2D eigenvalue weighted by atomic mass is 16.5. The molecule has 0 bridgehead atoms. The van der Waals surface area contributed by atoms with Crippen molar-refractivity contribution < 1.29 is 9.84 Å². The van der Waals surface area contributed by atoms with Crippen molar-refractivity contribution in [1.82, 2.24) is 0 Å². The van der Waals surface area contributed by atoms with Crippen molar-refractivity contribution >= 4 is 0 Å². The van der Waals surface area contributed by atoms with Gasteiger partial charge in [0.05, 0.1) is 12.7 Å². The molecule has 1 aromatic rings. The molecular formula is C15H24O2. The summed E-state index contributed by atoms with van der Waals surface area (Å²) in [5.74, 6) is 0.833. The molecule has 1 unspecified atom stereocenters. The second-order valence-corrected chi connectivity index (χ2v) is 5.62. The molecule has 1 aromatic carbocycles. The highest BCUT2D eigenvalue weighted by Crippen LogP contribution is 2.28. The highest BCUT2D eigenvalue weighted by molar-refractivity contribution is 5.29. The SMILES string of the molecule is CCOc1cccc(C(O)CCC(C)(C)C)c1. The number of benzene rings is 1. The maximum absolute atomic E-state index is 10.1. The Morgan fingerprint density at radius 1 is 1.29 bits per heavy atom. The van der Waals surface area contributed by atoms with Gasteiger partial charge in [-0.1, -0.05) is 32.9 Å². The fourth-order valence-corrected chi connectivity index (χ4v) is 1.71. The van der Waals surface area contributed by atoms with E-state index in [-0.39, 0.29) is 5.41 Å². The first kappa shape index (κ1) is 14.0. The first-order valence-electron chi connectivity index (χ1n) is 6.33. The minimum absolute atomic E-state index is 0.262. The van der Waals surface area contributed by atoms with Gasteiger partial charge in [-0.3, -0.25) is 0 Å². The maximum atomic E-state index is 10.1. The Hall–Kier alpha value is -1.02. The van der Waals surface area contributed by atoms with Crippen LogP contribution in [0.5, 0.6) is 5.75 Å². The van der Waals surface area contributed by atoms with E-state index in [0.717, 1.165) is 24.2 Å². The average Bonchev–Trinajstić information content (AvgIpc) is 2.26. The molecule has 0 aliphatic heterocycles. The van der Waals surface area contributed by atoms with Gasteiger partial charge in [-0.2, -0.15) is 0 Å². The summed E-state index contributed by atoms with van der Waals surface area (Å²) >= 11 is 0. The first-order valence-corrected chi connectivity index (χ1v) is 6.33. The average molecular weight is 236 g/mol. The van der Waals surface area contributed by atoms with E-state index in [2.05, 4.69) is 20.8 Å². The van der Waals surface area contributed by atoms with Crippen molar-refractivity contribution in [3.63, 3.8) is 0 Å². The Kier molecular flexibility index (Phi) is 5.01. The summed E-state index contributed by atoms with van der Waals surface area (Å²) in [7, 11) is 0. The van der Waals surface area contributed by atoms with Gasteiger partial charge in [0.1, 0.15) is 5.75 Å². The van der Waals surface area contributed by atoms with Crippen LogP contribution in [0.1, 0.15) is 52.2 Å². The van der Waals surface area contributed by atoms with E-state index in [9.17, 15) is 5.11 Å². The van der Waals surface area contributed by atoms with Crippen molar-refractivity contribution in [2.45, 2.75) is 46.6 Å². The topological polar surface area (TPSA) is 29.5 Å². The first-order chi connectivity index (χ1) is 7.92. The van der Waals surface area contributed by atoms with Crippen LogP contribution < -0.4 is 4.74 Å². The Bertz CT molecular complexity index is 339. The van der Waals surface area contributed by atoms with Gasteiger partial charge in [-0.25, -0.2) is 0 Å². The van der Waals surface area contributed by atoms with Gasteiger partial charge in [0.15, 0.2) is 0 Å². The zero-order valence-corrected chi connectivity index (χ0v) is 11.4. The van der Waals surface area contributed by atoms with E-state index in [1.54, 1.807) is 0 Å². The minimum Gasteiger partial charge on any atom is -0.494 e. The second kappa shape index (κ2) is 6.06. The quantitative estimate of drug-likeness (QED) is 0.839. The molecule has 2 nitrogen and oxygen atoms in total. The number of aliphatic hydroxyl groups is 1. The fraction of sp³-hybridized carbons (Fsp3) is 0.600. The van der Waals surface area contributed by atoms with Gasteiger partial charge in [0.2, 0.25) is 0 Å². The van der Waals surface area contributed by atoms with Gasteiger partial charge >= 0.3 is 0 Å². The molecule has 0 saturated heterocycles. The second-order valence-electron chi connectivity index (χ2n) is 5.62. The van der Waals surface area contributed by atoms with Gasteiger partial charge < -0.3 is 9.84 Å². The molecule has 2 heteroatoms. The van der Waals surface area contributed by atoms with Crippen LogP contribution in [-0.4, -0.2) is 11.7 Å². The third-order valence-corrected chi connectivity index (χ3v) is 2.72. The fourth-order valence-electron chi connectivity index (χ4n) is 1.71. The van der Waals surface area contributed by atoms with E-state index in [1.807, 2.05) is 31.2 Å². The van der Waals surface area contributed by atoms with Gasteiger partial charge in [0, 0.05) is 0 Å². The van der Waals surface area contributed by atoms with Crippen molar-refractivity contribution in [3.8, 4) is 5.75 Å². The Balaban J connectivity index is 2.62. The molecule has 0 aliphatic rings. The number of aliphatic hydroxyl groups excluding tert-OH is 1. The third kappa shape index (κ3) is 5.22. The van der Waals surface area contributed by atoms with Crippen LogP contribution in [0.2, 0.25) is 0 Å². The Morgan fingerprint density at radius 3 is 2.59 bits per heavy atom. The largest absolute Gasteiger partial charge is 0.494 e. The molecule has 0 saturated carbocycles. The van der Waals surface area contributed by atoms with Crippen molar-refractivity contribution in [3.05, 3.63) is 29.8 Å². The Labute approximate surface area is 105 Å². The number of hydrogen-bond acceptors (Lipinski definition) is 2. The molecule has 0 fully saturated rings. The predicted octanol–water partition coefficient (Wildman–Crippen LogP) is 3.95. The highest BCUT2D eigenvalue weighted by Gasteiger charge is 2.15. The summed E-state index contributed by atoms with van der Waals surface area (Å²) in [6.45, 7) is 9.19. The van der Waals surface area contributed by atoms with Gasteiger partial charge in [-0.15, -0.1) is 0 Å². The van der Waals surface area contributed by atoms with E-state index >= 15 is 0 Å². The van der Waals surface area contributed by atoms with Gasteiger partial charge in [0.25, 0.3) is 0 Å². The molecule has 1 atom stereocenters. The zero-order chi connectivity index (χ0) is 12.9. The monoisotopic (exact) mass is 236 g/mol. The predicted molar refractivity (Wildman–Crippen MR) is 71.3 cm³/mol. The van der Waals surface area contributed by atoms with Crippen molar-refractivity contribution in [2.75, 3.05) is 6.61 Å². The lowest BCUT2D eigenvalue weighted by atomic mass is 9.88. The lowest BCUT2D eigenvalue weighted by Gasteiger charge is -2.20. The number of rotatable bonds is 5. The molecule has 0 spiro atoms. The molecule has 96 valence electrons. The van der Waals surface area contributed by atoms with Crippen LogP contribution in [0.4, 0.5) is 0 Å². The maximum Gasteiger partial charge on any atom is 0.119 e. The molecule has 0 amide bonds. The van der Waals surface area contributed by atoms with Crippen LogP contribution in [0.3, 0.4) is 0 Å². The smallest absolute Gasteiger partial charge is 0.119 e. The summed E-state index contributed by atoms with van der Waals surface area (Å²) in [5.41, 5.74) is 1.21. The Morgan fingerprint density at radius 2 is 2.00 bits per heavy atom. The molecule has 17 heavy (non-hydrogen) atoms. The van der Waals surface area contributed by atoms with Gasteiger partial charge in [-0.05, 0) is 42.9 Å². The molecule has 0 heterocycles.